The molecule has 3 aromatic rings. The van der Waals surface area contributed by atoms with E-state index in [1.165, 1.54) is 17.4 Å². The lowest BCUT2D eigenvalue weighted by molar-refractivity contribution is -0.124. The normalized spacial score (nSPS) is 10.5. The van der Waals surface area contributed by atoms with Crippen molar-refractivity contribution < 1.29 is 18.7 Å². The van der Waals surface area contributed by atoms with Crippen LogP contribution in [0.3, 0.4) is 0 Å². The number of nitrogens with one attached hydrogen (secondary N) is 1. The topological polar surface area (TPSA) is 55.4 Å². The van der Waals surface area contributed by atoms with Gasteiger partial charge in [-0.2, -0.15) is 0 Å². The lowest BCUT2D eigenvalue weighted by Crippen LogP contribution is -2.28. The molecule has 0 aliphatic carbocycles. The van der Waals surface area contributed by atoms with E-state index in [-0.39, 0.29) is 12.4 Å². The molecule has 2 aromatic carbocycles. The highest BCUT2D eigenvalue weighted by molar-refractivity contribution is 7.20. The highest BCUT2D eigenvalue weighted by atomic mass is 32.1. The summed E-state index contributed by atoms with van der Waals surface area (Å²) >= 11 is 1.31. The number of halogens is 1. The number of amides is 1. The van der Waals surface area contributed by atoms with Crippen molar-refractivity contribution in [2.75, 3.05) is 6.61 Å². The maximum Gasteiger partial charge on any atom is 0.348 e. The number of ether oxygens (including phenoxy) is 1. The summed E-state index contributed by atoms with van der Waals surface area (Å²) in [5.74, 6) is -1.41. The zero-order chi connectivity index (χ0) is 16.9. The Morgan fingerprint density at radius 3 is 2.62 bits per heavy atom. The first-order valence-corrected chi connectivity index (χ1v) is 8.11. The molecular formula is C18H14FNO3S. The van der Waals surface area contributed by atoms with Gasteiger partial charge in [-0.3, -0.25) is 4.79 Å². The van der Waals surface area contributed by atoms with Crippen molar-refractivity contribution in [3.05, 3.63) is 70.9 Å². The van der Waals surface area contributed by atoms with E-state index in [4.69, 9.17) is 4.74 Å². The summed E-state index contributed by atoms with van der Waals surface area (Å²) in [6.45, 7) is -0.354. The van der Waals surface area contributed by atoms with Gasteiger partial charge in [0.25, 0.3) is 5.91 Å². The Bertz CT molecular complexity index is 858. The zero-order valence-electron chi connectivity index (χ0n) is 12.6. The van der Waals surface area contributed by atoms with Gasteiger partial charge in [-0.25, -0.2) is 9.18 Å². The van der Waals surface area contributed by atoms with E-state index in [9.17, 15) is 14.0 Å². The molecule has 0 saturated carbocycles. The average molecular weight is 343 g/mol. The van der Waals surface area contributed by atoms with Crippen LogP contribution < -0.4 is 5.32 Å². The Balaban J connectivity index is 1.52. The van der Waals surface area contributed by atoms with Crippen LogP contribution in [0.25, 0.3) is 10.1 Å². The lowest BCUT2D eigenvalue weighted by Gasteiger charge is -2.06. The van der Waals surface area contributed by atoms with Gasteiger partial charge in [0.2, 0.25) is 0 Å². The van der Waals surface area contributed by atoms with Crippen molar-refractivity contribution in [1.82, 2.24) is 5.32 Å². The fourth-order valence-electron chi connectivity index (χ4n) is 2.17. The second-order valence-electron chi connectivity index (χ2n) is 5.09. The van der Waals surface area contributed by atoms with Gasteiger partial charge in [0.05, 0.1) is 0 Å². The van der Waals surface area contributed by atoms with Gasteiger partial charge in [0, 0.05) is 16.8 Å². The Morgan fingerprint density at radius 2 is 1.83 bits per heavy atom. The predicted octanol–water partition coefficient (Wildman–Crippen LogP) is 3.51. The minimum absolute atomic E-state index is 0.0476. The Hall–Kier alpha value is -2.73. The molecule has 6 heteroatoms. The number of benzene rings is 2. The van der Waals surface area contributed by atoms with Crippen LogP contribution in [-0.2, 0) is 16.1 Å². The van der Waals surface area contributed by atoms with Crippen molar-refractivity contribution in [2.24, 2.45) is 0 Å². The minimum atomic E-state index is -0.544. The quantitative estimate of drug-likeness (QED) is 0.721. The van der Waals surface area contributed by atoms with E-state index in [0.717, 1.165) is 10.1 Å². The van der Waals surface area contributed by atoms with E-state index >= 15 is 0 Å². The minimum Gasteiger partial charge on any atom is -0.451 e. The Morgan fingerprint density at radius 1 is 1.08 bits per heavy atom. The average Bonchev–Trinajstić information content (AvgIpc) is 3.03. The third-order valence-electron chi connectivity index (χ3n) is 3.39. The molecule has 0 atom stereocenters. The predicted molar refractivity (Wildman–Crippen MR) is 90.4 cm³/mol. The molecule has 0 spiro atoms. The van der Waals surface area contributed by atoms with Crippen LogP contribution in [0.1, 0.15) is 15.2 Å². The summed E-state index contributed by atoms with van der Waals surface area (Å²) in [5.41, 5.74) is 0.377. The fourth-order valence-corrected chi connectivity index (χ4v) is 3.13. The van der Waals surface area contributed by atoms with Gasteiger partial charge in [0.1, 0.15) is 10.7 Å². The van der Waals surface area contributed by atoms with E-state index < -0.39 is 18.5 Å². The molecule has 1 heterocycles. The third-order valence-corrected chi connectivity index (χ3v) is 4.49. The van der Waals surface area contributed by atoms with Crippen molar-refractivity contribution in [2.45, 2.75) is 6.54 Å². The van der Waals surface area contributed by atoms with Gasteiger partial charge in [-0.15, -0.1) is 11.3 Å². The van der Waals surface area contributed by atoms with Crippen molar-refractivity contribution in [3.63, 3.8) is 0 Å². The zero-order valence-corrected chi connectivity index (χ0v) is 13.4. The summed E-state index contributed by atoms with van der Waals surface area (Å²) in [5, 5.41) is 3.48. The highest BCUT2D eigenvalue weighted by Crippen LogP contribution is 2.25. The molecule has 4 nitrogen and oxygen atoms in total. The molecule has 0 aliphatic heterocycles. The van der Waals surface area contributed by atoms with Crippen LogP contribution >= 0.6 is 11.3 Å². The van der Waals surface area contributed by atoms with Crippen LogP contribution in [0.4, 0.5) is 4.39 Å². The fraction of sp³-hybridized carbons (Fsp3) is 0.111. The molecule has 0 aliphatic rings. The van der Waals surface area contributed by atoms with Crippen LogP contribution in [0.5, 0.6) is 0 Å². The summed E-state index contributed by atoms with van der Waals surface area (Å²) in [6, 6.07) is 15.5. The number of hydrogen-bond acceptors (Lipinski definition) is 4. The number of thiophene rings is 1. The second-order valence-corrected chi connectivity index (χ2v) is 6.18. The van der Waals surface area contributed by atoms with Crippen LogP contribution in [-0.4, -0.2) is 18.5 Å². The second kappa shape index (κ2) is 7.23. The van der Waals surface area contributed by atoms with E-state index in [0.29, 0.717) is 10.4 Å². The first-order valence-electron chi connectivity index (χ1n) is 7.29. The van der Waals surface area contributed by atoms with Gasteiger partial charge >= 0.3 is 5.97 Å². The standard InChI is InChI=1S/C18H14FNO3S/c19-14-7-3-1-6-13(14)10-20-17(21)11-23-18(22)16-9-12-5-2-4-8-15(12)24-16/h1-9H,10-11H2,(H,20,21). The number of rotatable bonds is 5. The number of esters is 1. The first-order chi connectivity index (χ1) is 11.6. The van der Waals surface area contributed by atoms with Gasteiger partial charge in [0.15, 0.2) is 6.61 Å². The number of carbonyl (C=O) groups is 2. The monoisotopic (exact) mass is 343 g/mol. The van der Waals surface area contributed by atoms with E-state index in [1.807, 2.05) is 24.3 Å². The summed E-state index contributed by atoms with van der Waals surface area (Å²) in [6.07, 6.45) is 0. The maximum absolute atomic E-state index is 13.4. The molecule has 3 rings (SSSR count). The van der Waals surface area contributed by atoms with E-state index in [1.54, 1.807) is 24.3 Å². The molecule has 122 valence electrons. The van der Waals surface area contributed by atoms with Gasteiger partial charge < -0.3 is 10.1 Å². The summed E-state index contributed by atoms with van der Waals surface area (Å²) in [7, 11) is 0. The van der Waals surface area contributed by atoms with Crippen LogP contribution in [0.15, 0.2) is 54.6 Å². The molecular weight excluding hydrogens is 329 g/mol. The number of fused-ring (bicyclic) bond motifs is 1. The van der Waals surface area contributed by atoms with Crippen LogP contribution in [0, 0.1) is 5.82 Å². The van der Waals surface area contributed by atoms with Crippen molar-refractivity contribution in [1.29, 1.82) is 0 Å². The molecule has 24 heavy (non-hydrogen) atoms. The molecule has 0 saturated heterocycles. The Kier molecular flexibility index (Phi) is 4.86. The number of carbonyl (C=O) groups excluding carboxylic acids is 2. The molecule has 1 N–H and O–H groups in total. The summed E-state index contributed by atoms with van der Waals surface area (Å²) in [4.78, 5) is 24.2. The molecule has 0 bridgehead atoms. The highest BCUT2D eigenvalue weighted by Gasteiger charge is 2.13. The van der Waals surface area contributed by atoms with Gasteiger partial charge in [-0.05, 0) is 23.6 Å². The molecule has 1 amide bonds. The smallest absolute Gasteiger partial charge is 0.348 e. The molecule has 1 aromatic heterocycles. The maximum atomic E-state index is 13.4. The largest absolute Gasteiger partial charge is 0.451 e. The van der Waals surface area contributed by atoms with E-state index in [2.05, 4.69) is 5.32 Å². The SMILES string of the molecule is O=C(COC(=O)c1cc2ccccc2s1)NCc1ccccc1F. The van der Waals surface area contributed by atoms with Crippen molar-refractivity contribution in [3.8, 4) is 0 Å². The molecule has 0 radical (unpaired) electrons. The van der Waals surface area contributed by atoms with Crippen molar-refractivity contribution >= 4 is 33.3 Å². The van der Waals surface area contributed by atoms with Crippen LogP contribution in [0.2, 0.25) is 0 Å². The Labute approximate surface area is 141 Å². The molecule has 0 unspecified atom stereocenters. The first kappa shape index (κ1) is 16.1. The number of hydrogen-bond donors (Lipinski definition) is 1. The summed E-state index contributed by atoms with van der Waals surface area (Å²) < 4.78 is 19.4. The van der Waals surface area contributed by atoms with Gasteiger partial charge in [-0.1, -0.05) is 36.4 Å². The molecule has 0 fully saturated rings. The third kappa shape index (κ3) is 3.78. The lowest BCUT2D eigenvalue weighted by atomic mass is 10.2.